The Balaban J connectivity index is 2.68. The molecule has 1 aromatic rings. The molecule has 0 aromatic carbocycles. The molecule has 0 saturated carbocycles. The highest BCUT2D eigenvalue weighted by Gasteiger charge is 2.18. The molecular weight excluding hydrogens is 368 g/mol. The minimum atomic E-state index is -0.353. The fraction of sp³-hybridized carbons (Fsp3) is 0.533. The lowest BCUT2D eigenvalue weighted by molar-refractivity contribution is -0.143. The zero-order valence-corrected chi connectivity index (χ0v) is 14.6. The van der Waals surface area contributed by atoms with E-state index in [1.807, 2.05) is 0 Å². The smallest absolute Gasteiger partial charge is 0.307 e. The van der Waals surface area contributed by atoms with E-state index >= 15 is 0 Å². The highest BCUT2D eigenvalue weighted by molar-refractivity contribution is 9.10. The summed E-state index contributed by atoms with van der Waals surface area (Å²) in [6.45, 7) is 2.98. The lowest BCUT2D eigenvalue weighted by atomic mass is 10.2. The number of halogens is 1. The number of carbonyl (C=O) groups excluding carboxylic acids is 2. The molecule has 0 spiro atoms. The second kappa shape index (κ2) is 11.1. The van der Waals surface area contributed by atoms with Gasteiger partial charge in [-0.05, 0) is 28.9 Å². The second-order valence-electron chi connectivity index (χ2n) is 4.58. The topological polar surface area (TPSA) is 89.0 Å². The van der Waals surface area contributed by atoms with E-state index in [0.717, 1.165) is 0 Å². The van der Waals surface area contributed by atoms with Crippen LogP contribution in [0.25, 0.3) is 0 Å². The van der Waals surface area contributed by atoms with Crippen LogP contribution in [0.1, 0.15) is 23.7 Å². The van der Waals surface area contributed by atoms with E-state index in [1.54, 1.807) is 19.2 Å². The first-order valence-electron chi connectivity index (χ1n) is 7.32. The van der Waals surface area contributed by atoms with Gasteiger partial charge < -0.3 is 19.5 Å². The number of aromatic nitrogens is 1. The van der Waals surface area contributed by atoms with Gasteiger partial charge in [-0.3, -0.25) is 14.6 Å². The van der Waals surface area contributed by atoms with Crippen LogP contribution in [-0.2, 0) is 14.3 Å². The minimum absolute atomic E-state index is 0.0771. The highest BCUT2D eigenvalue weighted by Crippen LogP contribution is 2.12. The van der Waals surface area contributed by atoms with E-state index < -0.39 is 0 Å². The molecule has 8 heteroatoms. The van der Waals surface area contributed by atoms with Crippen molar-refractivity contribution in [2.24, 2.45) is 0 Å². The van der Waals surface area contributed by atoms with E-state index in [-0.39, 0.29) is 44.7 Å². The third-order valence-electron chi connectivity index (χ3n) is 2.87. The molecule has 1 heterocycles. The van der Waals surface area contributed by atoms with Crippen molar-refractivity contribution in [1.82, 2.24) is 9.88 Å². The summed E-state index contributed by atoms with van der Waals surface area (Å²) in [6.07, 6.45) is 3.17. The number of aliphatic hydroxyl groups is 1. The van der Waals surface area contributed by atoms with E-state index in [0.29, 0.717) is 23.2 Å². The lowest BCUT2D eigenvalue weighted by Gasteiger charge is -2.22. The Kier molecular flexibility index (Phi) is 9.42. The molecule has 7 nitrogen and oxygen atoms in total. The summed E-state index contributed by atoms with van der Waals surface area (Å²) in [5.74, 6) is -0.593. The predicted octanol–water partition coefficient (Wildman–Crippen LogP) is 1.25. The fourth-order valence-electron chi connectivity index (χ4n) is 1.83. The fourth-order valence-corrected chi connectivity index (χ4v) is 2.19. The molecule has 0 aliphatic heterocycles. The molecule has 0 bridgehead atoms. The number of esters is 1. The first-order valence-corrected chi connectivity index (χ1v) is 8.11. The van der Waals surface area contributed by atoms with E-state index in [9.17, 15) is 9.59 Å². The van der Waals surface area contributed by atoms with Crippen molar-refractivity contribution in [1.29, 1.82) is 0 Å². The van der Waals surface area contributed by atoms with Crippen LogP contribution in [0, 0.1) is 0 Å². The van der Waals surface area contributed by atoms with Gasteiger partial charge in [0.05, 0.1) is 38.4 Å². The first kappa shape index (κ1) is 19.5. The summed E-state index contributed by atoms with van der Waals surface area (Å²) in [6, 6.07) is 1.67. The lowest BCUT2D eigenvalue weighted by Crippen LogP contribution is -2.36. The van der Waals surface area contributed by atoms with Gasteiger partial charge in [-0.2, -0.15) is 0 Å². The maximum absolute atomic E-state index is 12.5. The van der Waals surface area contributed by atoms with Crippen LogP contribution >= 0.6 is 15.9 Å². The zero-order chi connectivity index (χ0) is 17.1. The van der Waals surface area contributed by atoms with Gasteiger partial charge in [-0.15, -0.1) is 0 Å². The molecule has 0 radical (unpaired) electrons. The Bertz CT molecular complexity index is 512. The molecule has 0 atom stereocenters. The van der Waals surface area contributed by atoms with Crippen molar-refractivity contribution in [3.8, 4) is 0 Å². The van der Waals surface area contributed by atoms with Crippen LogP contribution in [0.5, 0.6) is 0 Å². The number of ether oxygens (including phenoxy) is 2. The number of rotatable bonds is 10. The predicted molar refractivity (Wildman–Crippen MR) is 87.0 cm³/mol. The molecule has 0 fully saturated rings. The maximum Gasteiger partial charge on any atom is 0.307 e. The number of pyridine rings is 1. The van der Waals surface area contributed by atoms with Crippen molar-refractivity contribution in [2.75, 3.05) is 39.5 Å². The number of hydrogen-bond donors (Lipinski definition) is 1. The molecule has 0 aliphatic carbocycles. The standard InChI is InChI=1S/C15H21BrN2O5/c1-2-23-14(20)3-4-18(5-7-22-8-6-19)15(21)12-9-13(16)11-17-10-12/h9-11,19H,2-8H2,1H3. The van der Waals surface area contributed by atoms with Crippen molar-refractivity contribution < 1.29 is 24.2 Å². The highest BCUT2D eigenvalue weighted by atomic mass is 79.9. The number of nitrogens with zero attached hydrogens (tertiary/aromatic N) is 2. The molecule has 128 valence electrons. The van der Waals surface area contributed by atoms with Crippen LogP contribution in [0.15, 0.2) is 22.9 Å². The molecule has 1 aromatic heterocycles. The van der Waals surface area contributed by atoms with Gasteiger partial charge >= 0.3 is 5.97 Å². The van der Waals surface area contributed by atoms with Gasteiger partial charge in [0.1, 0.15) is 0 Å². The third-order valence-corrected chi connectivity index (χ3v) is 3.31. The van der Waals surface area contributed by atoms with Crippen LogP contribution in [0.3, 0.4) is 0 Å². The average molecular weight is 389 g/mol. The number of aliphatic hydroxyl groups excluding tert-OH is 1. The minimum Gasteiger partial charge on any atom is -0.466 e. The Morgan fingerprint density at radius 1 is 1.30 bits per heavy atom. The molecular formula is C15H21BrN2O5. The quantitative estimate of drug-likeness (QED) is 0.479. The molecule has 23 heavy (non-hydrogen) atoms. The molecule has 1 rings (SSSR count). The summed E-state index contributed by atoms with van der Waals surface area (Å²) >= 11 is 3.28. The van der Waals surface area contributed by atoms with Crippen molar-refractivity contribution in [3.05, 3.63) is 28.5 Å². The summed E-state index contributed by atoms with van der Waals surface area (Å²) in [4.78, 5) is 29.5. The molecule has 0 saturated heterocycles. The number of hydrogen-bond acceptors (Lipinski definition) is 6. The van der Waals surface area contributed by atoms with Gasteiger partial charge in [-0.1, -0.05) is 0 Å². The van der Waals surface area contributed by atoms with Crippen LogP contribution in [0.4, 0.5) is 0 Å². The van der Waals surface area contributed by atoms with Gasteiger partial charge in [0.25, 0.3) is 5.91 Å². The SMILES string of the molecule is CCOC(=O)CCN(CCOCCO)C(=O)c1cncc(Br)c1. The largest absolute Gasteiger partial charge is 0.466 e. The van der Waals surface area contributed by atoms with Gasteiger partial charge in [0.15, 0.2) is 0 Å². The van der Waals surface area contributed by atoms with Crippen LogP contribution in [-0.4, -0.2) is 66.4 Å². The van der Waals surface area contributed by atoms with Crippen molar-refractivity contribution in [2.45, 2.75) is 13.3 Å². The Labute approximate surface area is 143 Å². The summed E-state index contributed by atoms with van der Waals surface area (Å²) in [7, 11) is 0. The van der Waals surface area contributed by atoms with Gasteiger partial charge in [-0.25, -0.2) is 0 Å². The van der Waals surface area contributed by atoms with Gasteiger partial charge in [0.2, 0.25) is 0 Å². The van der Waals surface area contributed by atoms with Crippen molar-refractivity contribution in [3.63, 3.8) is 0 Å². The average Bonchev–Trinajstić information content (AvgIpc) is 2.54. The molecule has 0 aliphatic rings. The molecule has 1 amide bonds. The number of carbonyl (C=O) groups is 2. The molecule has 1 N–H and O–H groups in total. The summed E-state index contributed by atoms with van der Waals surface area (Å²) in [5.41, 5.74) is 0.422. The zero-order valence-electron chi connectivity index (χ0n) is 13.0. The second-order valence-corrected chi connectivity index (χ2v) is 5.49. The van der Waals surface area contributed by atoms with Crippen LogP contribution < -0.4 is 0 Å². The van der Waals surface area contributed by atoms with Crippen LogP contribution in [0.2, 0.25) is 0 Å². The monoisotopic (exact) mass is 388 g/mol. The molecule has 0 unspecified atom stereocenters. The Morgan fingerprint density at radius 3 is 2.74 bits per heavy atom. The van der Waals surface area contributed by atoms with Gasteiger partial charge in [0, 0.05) is 30.0 Å². The number of amides is 1. The first-order chi connectivity index (χ1) is 11.1. The summed E-state index contributed by atoms with van der Waals surface area (Å²) < 4.78 is 10.8. The summed E-state index contributed by atoms with van der Waals surface area (Å²) in [5, 5.41) is 8.70. The van der Waals surface area contributed by atoms with E-state index in [1.165, 1.54) is 11.1 Å². The van der Waals surface area contributed by atoms with E-state index in [2.05, 4.69) is 20.9 Å². The van der Waals surface area contributed by atoms with E-state index in [4.69, 9.17) is 14.6 Å². The maximum atomic E-state index is 12.5. The van der Waals surface area contributed by atoms with Crippen molar-refractivity contribution >= 4 is 27.8 Å². The Morgan fingerprint density at radius 2 is 2.09 bits per heavy atom. The normalized spacial score (nSPS) is 10.4. The Hall–Kier alpha value is -1.51. The third kappa shape index (κ3) is 7.54.